The van der Waals surface area contributed by atoms with Crippen molar-refractivity contribution < 1.29 is 13.2 Å². The van der Waals surface area contributed by atoms with Crippen LogP contribution in [0.25, 0.3) is 0 Å². The molecule has 6 heteroatoms. The molecule has 0 amide bonds. The first kappa shape index (κ1) is 15.3. The molecule has 1 fully saturated rings. The van der Waals surface area contributed by atoms with E-state index in [1.54, 1.807) is 24.3 Å². The Morgan fingerprint density at radius 3 is 2.70 bits per heavy atom. The van der Waals surface area contributed by atoms with Crippen LogP contribution in [0.5, 0.6) is 0 Å². The monoisotopic (exact) mass is 298 g/mol. The molecule has 0 radical (unpaired) electrons. The molecule has 1 atom stereocenters. The van der Waals surface area contributed by atoms with Gasteiger partial charge in [0.05, 0.1) is 11.0 Å². The highest BCUT2D eigenvalue weighted by Crippen LogP contribution is 2.20. The average Bonchev–Trinajstić information content (AvgIpc) is 2.65. The van der Waals surface area contributed by atoms with Crippen molar-refractivity contribution in [3.8, 4) is 0 Å². The zero-order valence-electron chi connectivity index (χ0n) is 12.0. The van der Waals surface area contributed by atoms with Crippen LogP contribution in [0.2, 0.25) is 0 Å². The average molecular weight is 298 g/mol. The van der Waals surface area contributed by atoms with Gasteiger partial charge in [0.15, 0.2) is 0 Å². The predicted molar refractivity (Wildman–Crippen MR) is 79.4 cm³/mol. The molecule has 0 aromatic heterocycles. The molecule has 0 aliphatic carbocycles. The minimum Gasteiger partial charge on any atom is -0.385 e. The van der Waals surface area contributed by atoms with Crippen molar-refractivity contribution in [2.45, 2.75) is 31.3 Å². The maximum Gasteiger partial charge on any atom is 0.243 e. The lowest BCUT2D eigenvalue weighted by Gasteiger charge is -2.21. The van der Waals surface area contributed by atoms with Crippen LogP contribution >= 0.6 is 0 Å². The fraction of sp³-hybridized carbons (Fsp3) is 0.571. The molecule has 0 spiro atoms. The first-order valence-corrected chi connectivity index (χ1v) is 8.43. The number of nitrogens with one attached hydrogen (secondary N) is 1. The summed E-state index contributed by atoms with van der Waals surface area (Å²) in [7, 11) is -3.42. The van der Waals surface area contributed by atoms with E-state index < -0.39 is 10.0 Å². The van der Waals surface area contributed by atoms with Gasteiger partial charge in [-0.2, -0.15) is 4.31 Å². The molecule has 112 valence electrons. The first-order valence-electron chi connectivity index (χ1n) is 6.99. The smallest absolute Gasteiger partial charge is 0.243 e. The molecule has 1 heterocycles. The summed E-state index contributed by atoms with van der Waals surface area (Å²) >= 11 is 0. The van der Waals surface area contributed by atoms with E-state index in [2.05, 4.69) is 5.32 Å². The van der Waals surface area contributed by atoms with Gasteiger partial charge in [-0.25, -0.2) is 8.42 Å². The maximum absolute atomic E-state index is 12.6. The molecule has 1 aliphatic rings. The minimum atomic E-state index is -3.42. The molecule has 1 aliphatic heterocycles. The number of hydrogen-bond donors (Lipinski definition) is 1. The molecule has 1 unspecified atom stereocenters. The van der Waals surface area contributed by atoms with E-state index in [0.717, 1.165) is 18.7 Å². The van der Waals surface area contributed by atoms with Gasteiger partial charge in [-0.05, 0) is 44.5 Å². The van der Waals surface area contributed by atoms with Crippen LogP contribution in [0.4, 0.5) is 5.69 Å². The van der Waals surface area contributed by atoms with Crippen LogP contribution in [-0.2, 0) is 14.8 Å². The highest BCUT2D eigenvalue weighted by Gasteiger charge is 2.27. The third kappa shape index (κ3) is 3.50. The number of anilines is 1. The lowest BCUT2D eigenvalue weighted by Crippen LogP contribution is -2.35. The predicted octanol–water partition coefficient (Wildman–Crippen LogP) is 1.92. The van der Waals surface area contributed by atoms with E-state index in [0.29, 0.717) is 24.6 Å². The van der Waals surface area contributed by atoms with Gasteiger partial charge in [0.1, 0.15) is 0 Å². The third-order valence-corrected chi connectivity index (χ3v) is 5.17. The Labute approximate surface area is 121 Å². The quantitative estimate of drug-likeness (QED) is 0.922. The van der Waals surface area contributed by atoms with Crippen LogP contribution < -0.4 is 5.32 Å². The summed E-state index contributed by atoms with van der Waals surface area (Å²) in [4.78, 5) is 0.341. The van der Waals surface area contributed by atoms with E-state index in [4.69, 9.17) is 4.74 Å². The van der Waals surface area contributed by atoms with Crippen LogP contribution in [0, 0.1) is 0 Å². The Kier molecular flexibility index (Phi) is 5.01. The summed E-state index contributed by atoms with van der Waals surface area (Å²) in [5.41, 5.74) is 0.930. The summed E-state index contributed by atoms with van der Waals surface area (Å²) in [5.74, 6) is 0. The second kappa shape index (κ2) is 6.56. The maximum atomic E-state index is 12.6. The zero-order chi connectivity index (χ0) is 14.6. The first-order chi connectivity index (χ1) is 9.54. The third-order valence-electron chi connectivity index (χ3n) is 3.29. The summed E-state index contributed by atoms with van der Waals surface area (Å²) in [6.45, 7) is 6.27. The molecule has 20 heavy (non-hydrogen) atoms. The zero-order valence-corrected chi connectivity index (χ0v) is 12.8. The van der Waals surface area contributed by atoms with Crippen molar-refractivity contribution in [1.82, 2.24) is 4.31 Å². The lowest BCUT2D eigenvalue weighted by molar-refractivity contribution is 0.0752. The summed E-state index contributed by atoms with van der Waals surface area (Å²) in [6, 6.07) is 6.91. The van der Waals surface area contributed by atoms with Crippen LogP contribution in [0.15, 0.2) is 29.2 Å². The lowest BCUT2D eigenvalue weighted by atomic mass is 10.3. The molecule has 1 aromatic carbocycles. The van der Waals surface area contributed by atoms with Crippen LogP contribution in [-0.4, -0.2) is 45.1 Å². The molecule has 0 bridgehead atoms. The van der Waals surface area contributed by atoms with Crippen LogP contribution in [0.3, 0.4) is 0 Å². The number of rotatable bonds is 4. The largest absolute Gasteiger partial charge is 0.385 e. The molecule has 0 saturated carbocycles. The van der Waals surface area contributed by atoms with Gasteiger partial charge in [-0.15, -0.1) is 0 Å². The van der Waals surface area contributed by atoms with E-state index >= 15 is 0 Å². The molecular weight excluding hydrogens is 276 g/mol. The second-order valence-corrected chi connectivity index (χ2v) is 6.89. The summed E-state index contributed by atoms with van der Waals surface area (Å²) < 4.78 is 32.2. The number of benzene rings is 1. The summed E-state index contributed by atoms with van der Waals surface area (Å²) in [6.07, 6.45) is 0.673. The van der Waals surface area contributed by atoms with Crippen molar-refractivity contribution >= 4 is 15.7 Å². The van der Waals surface area contributed by atoms with Gasteiger partial charge in [0, 0.05) is 31.9 Å². The van der Waals surface area contributed by atoms with Crippen molar-refractivity contribution in [3.63, 3.8) is 0 Å². The minimum absolute atomic E-state index is 0.0618. The van der Waals surface area contributed by atoms with E-state index in [1.165, 1.54) is 4.31 Å². The van der Waals surface area contributed by atoms with Crippen molar-refractivity contribution in [3.05, 3.63) is 24.3 Å². The Hall–Kier alpha value is -1.11. The molecular formula is C14H22N2O3S. The number of nitrogens with zero attached hydrogens (tertiary/aromatic N) is 1. The van der Waals surface area contributed by atoms with Gasteiger partial charge in [0.2, 0.25) is 10.0 Å². The fourth-order valence-corrected chi connectivity index (χ4v) is 3.83. The Balaban J connectivity index is 2.20. The van der Waals surface area contributed by atoms with Gasteiger partial charge >= 0.3 is 0 Å². The van der Waals surface area contributed by atoms with Gasteiger partial charge in [-0.3, -0.25) is 0 Å². The van der Waals surface area contributed by atoms with Gasteiger partial charge in [-0.1, -0.05) is 0 Å². The van der Waals surface area contributed by atoms with E-state index in [9.17, 15) is 8.42 Å². The Morgan fingerprint density at radius 2 is 2.05 bits per heavy atom. The fourth-order valence-electron chi connectivity index (χ4n) is 2.27. The SMILES string of the molecule is CCNc1ccc(S(=O)(=O)N2CCCOC(C)C2)cc1. The molecule has 2 rings (SSSR count). The molecule has 1 aromatic rings. The normalized spacial score (nSPS) is 21.4. The topological polar surface area (TPSA) is 58.6 Å². The molecule has 1 saturated heterocycles. The number of hydrogen-bond acceptors (Lipinski definition) is 4. The van der Waals surface area contributed by atoms with E-state index in [-0.39, 0.29) is 6.10 Å². The second-order valence-electron chi connectivity index (χ2n) is 4.95. The number of sulfonamides is 1. The Bertz CT molecular complexity index is 528. The Morgan fingerprint density at radius 1 is 1.35 bits per heavy atom. The van der Waals surface area contributed by atoms with E-state index in [1.807, 2.05) is 13.8 Å². The summed E-state index contributed by atoms with van der Waals surface area (Å²) in [5, 5.41) is 3.15. The van der Waals surface area contributed by atoms with Crippen molar-refractivity contribution in [2.24, 2.45) is 0 Å². The van der Waals surface area contributed by atoms with Gasteiger partial charge < -0.3 is 10.1 Å². The van der Waals surface area contributed by atoms with Crippen molar-refractivity contribution in [1.29, 1.82) is 0 Å². The van der Waals surface area contributed by atoms with Gasteiger partial charge in [0.25, 0.3) is 0 Å². The van der Waals surface area contributed by atoms with Crippen LogP contribution in [0.1, 0.15) is 20.3 Å². The highest BCUT2D eigenvalue weighted by molar-refractivity contribution is 7.89. The highest BCUT2D eigenvalue weighted by atomic mass is 32.2. The van der Waals surface area contributed by atoms with Crippen molar-refractivity contribution in [2.75, 3.05) is 31.6 Å². The molecule has 1 N–H and O–H groups in total. The number of ether oxygens (including phenoxy) is 1. The molecule has 5 nitrogen and oxygen atoms in total. The standard InChI is InChI=1S/C14H22N2O3S/c1-3-15-13-5-7-14(8-6-13)20(17,18)16-9-4-10-19-12(2)11-16/h5-8,12,15H,3-4,9-11H2,1-2H3.